The number of carbonyl (C=O) groups is 1. The summed E-state index contributed by atoms with van der Waals surface area (Å²) < 4.78 is 2.12. The fraction of sp³-hybridized carbons (Fsp3) is 0.611. The van der Waals surface area contributed by atoms with Gasteiger partial charge in [0, 0.05) is 43.2 Å². The average molecular weight is 359 g/mol. The Bertz CT molecular complexity index is 782. The van der Waals surface area contributed by atoms with Gasteiger partial charge in [-0.25, -0.2) is 9.97 Å². The quantitative estimate of drug-likeness (QED) is 0.910. The van der Waals surface area contributed by atoms with Gasteiger partial charge >= 0.3 is 0 Å². The molecular formula is C18H25N5OS. The molecule has 134 valence electrons. The van der Waals surface area contributed by atoms with Crippen LogP contribution in [0.5, 0.6) is 0 Å². The molecule has 2 aliphatic rings. The average Bonchev–Trinajstić information content (AvgIpc) is 3.33. The molecule has 0 radical (unpaired) electrons. The standard InChI is InChI=1S/C18H25N5OS/c1-12(2)23-8-16(20-11-23)15-6-19-10-18(15)4-5-22(17(18)24)7-14-9-25-13(3)21-14/h8-9,11-12,15,19H,4-7,10H2,1-3H3/t15-,18-/m1/s1. The molecule has 4 heterocycles. The lowest BCUT2D eigenvalue weighted by Gasteiger charge is -2.27. The number of imidazole rings is 1. The van der Waals surface area contributed by atoms with Crippen molar-refractivity contribution >= 4 is 17.2 Å². The molecule has 6 nitrogen and oxygen atoms in total. The lowest BCUT2D eigenvalue weighted by Crippen LogP contribution is -2.39. The summed E-state index contributed by atoms with van der Waals surface area (Å²) in [7, 11) is 0. The molecule has 0 aromatic carbocycles. The molecule has 25 heavy (non-hydrogen) atoms. The van der Waals surface area contributed by atoms with Gasteiger partial charge < -0.3 is 14.8 Å². The number of hydrogen-bond acceptors (Lipinski definition) is 5. The Balaban J connectivity index is 1.56. The van der Waals surface area contributed by atoms with E-state index in [4.69, 9.17) is 0 Å². The maximum atomic E-state index is 13.3. The SMILES string of the molecule is Cc1nc(CN2CC[C@]3(CNC[C@@H]3c3cn(C(C)C)cn3)C2=O)cs1. The van der Waals surface area contributed by atoms with Gasteiger partial charge in [-0.2, -0.15) is 0 Å². The van der Waals surface area contributed by atoms with Crippen LogP contribution in [-0.2, 0) is 11.3 Å². The minimum absolute atomic E-state index is 0.155. The number of nitrogens with one attached hydrogen (secondary N) is 1. The second-order valence-electron chi connectivity index (χ2n) is 7.51. The molecule has 0 saturated carbocycles. The van der Waals surface area contributed by atoms with Crippen molar-refractivity contribution in [3.8, 4) is 0 Å². The topological polar surface area (TPSA) is 63.1 Å². The second kappa shape index (κ2) is 6.21. The van der Waals surface area contributed by atoms with E-state index in [0.717, 1.165) is 42.5 Å². The monoisotopic (exact) mass is 359 g/mol. The van der Waals surface area contributed by atoms with Crippen LogP contribution in [0.1, 0.15) is 48.6 Å². The van der Waals surface area contributed by atoms with Crippen molar-refractivity contribution in [1.29, 1.82) is 0 Å². The van der Waals surface area contributed by atoms with Crippen LogP contribution in [0.2, 0.25) is 0 Å². The lowest BCUT2D eigenvalue weighted by atomic mass is 9.75. The molecule has 1 amide bonds. The van der Waals surface area contributed by atoms with Crippen LogP contribution in [0.3, 0.4) is 0 Å². The number of aryl methyl sites for hydroxylation is 1. The van der Waals surface area contributed by atoms with Gasteiger partial charge in [-0.1, -0.05) is 0 Å². The van der Waals surface area contributed by atoms with E-state index in [-0.39, 0.29) is 17.2 Å². The van der Waals surface area contributed by atoms with Crippen molar-refractivity contribution in [2.24, 2.45) is 5.41 Å². The van der Waals surface area contributed by atoms with Gasteiger partial charge in [0.25, 0.3) is 0 Å². The minimum atomic E-state index is -0.346. The molecule has 2 atom stereocenters. The van der Waals surface area contributed by atoms with Crippen LogP contribution < -0.4 is 5.32 Å². The highest BCUT2D eigenvalue weighted by molar-refractivity contribution is 7.09. The Morgan fingerprint density at radius 3 is 3.00 bits per heavy atom. The maximum absolute atomic E-state index is 13.3. The Labute approximate surface area is 152 Å². The Morgan fingerprint density at radius 1 is 1.48 bits per heavy atom. The summed E-state index contributed by atoms with van der Waals surface area (Å²) >= 11 is 1.64. The number of aromatic nitrogens is 3. The van der Waals surface area contributed by atoms with Gasteiger partial charge in [0.2, 0.25) is 5.91 Å². The lowest BCUT2D eigenvalue weighted by molar-refractivity contribution is -0.136. The van der Waals surface area contributed by atoms with Gasteiger partial charge in [-0.15, -0.1) is 11.3 Å². The molecule has 7 heteroatoms. The molecular weight excluding hydrogens is 334 g/mol. The van der Waals surface area contributed by atoms with E-state index in [1.54, 1.807) is 11.3 Å². The van der Waals surface area contributed by atoms with Gasteiger partial charge in [0.1, 0.15) is 0 Å². The Kier molecular flexibility index (Phi) is 4.16. The molecule has 0 aliphatic carbocycles. The summed E-state index contributed by atoms with van der Waals surface area (Å²) in [5.41, 5.74) is 1.69. The maximum Gasteiger partial charge on any atom is 0.231 e. The fourth-order valence-corrected chi connectivity index (χ4v) is 4.74. The first-order valence-corrected chi connectivity index (χ1v) is 9.82. The van der Waals surface area contributed by atoms with Crippen molar-refractivity contribution in [1.82, 2.24) is 24.8 Å². The highest BCUT2D eigenvalue weighted by Crippen LogP contribution is 2.47. The molecule has 1 N–H and O–H groups in total. The molecule has 2 fully saturated rings. The molecule has 0 unspecified atom stereocenters. The summed E-state index contributed by atoms with van der Waals surface area (Å²) in [5.74, 6) is 0.412. The van der Waals surface area contributed by atoms with Gasteiger partial charge in [-0.05, 0) is 27.2 Å². The van der Waals surface area contributed by atoms with Crippen molar-refractivity contribution in [3.63, 3.8) is 0 Å². The van der Waals surface area contributed by atoms with Crippen molar-refractivity contribution in [2.45, 2.75) is 45.7 Å². The number of hydrogen-bond donors (Lipinski definition) is 1. The summed E-state index contributed by atoms with van der Waals surface area (Å²) in [6, 6.07) is 0.384. The third kappa shape index (κ3) is 2.79. The van der Waals surface area contributed by atoms with Crippen LogP contribution in [-0.4, -0.2) is 45.0 Å². The second-order valence-corrected chi connectivity index (χ2v) is 8.58. The minimum Gasteiger partial charge on any atom is -0.336 e. The first-order chi connectivity index (χ1) is 12.0. The number of carbonyl (C=O) groups excluding carboxylic acids is 1. The Hall–Kier alpha value is -1.73. The molecule has 0 bridgehead atoms. The predicted octanol–water partition coefficient (Wildman–Crippen LogP) is 2.33. The van der Waals surface area contributed by atoms with E-state index in [1.165, 1.54) is 0 Å². The number of nitrogens with zero attached hydrogens (tertiary/aromatic N) is 4. The van der Waals surface area contributed by atoms with E-state index < -0.39 is 0 Å². The summed E-state index contributed by atoms with van der Waals surface area (Å²) in [6.07, 6.45) is 4.90. The fourth-order valence-electron chi connectivity index (χ4n) is 4.13. The van der Waals surface area contributed by atoms with Gasteiger partial charge in [-0.3, -0.25) is 4.79 Å². The van der Waals surface area contributed by atoms with Crippen molar-refractivity contribution in [3.05, 3.63) is 34.3 Å². The zero-order valence-corrected chi connectivity index (χ0v) is 15.8. The first kappa shape index (κ1) is 16.7. The van der Waals surface area contributed by atoms with E-state index in [1.807, 2.05) is 18.2 Å². The van der Waals surface area contributed by atoms with Crippen molar-refractivity contribution < 1.29 is 4.79 Å². The molecule has 2 aliphatic heterocycles. The zero-order chi connectivity index (χ0) is 17.6. The van der Waals surface area contributed by atoms with E-state index in [2.05, 4.69) is 45.3 Å². The normalized spacial score (nSPS) is 26.5. The number of likely N-dealkylation sites (tertiary alicyclic amines) is 1. The highest BCUT2D eigenvalue weighted by atomic mass is 32.1. The largest absolute Gasteiger partial charge is 0.336 e. The zero-order valence-electron chi connectivity index (χ0n) is 15.0. The van der Waals surface area contributed by atoms with Gasteiger partial charge in [0.05, 0.1) is 34.7 Å². The smallest absolute Gasteiger partial charge is 0.231 e. The van der Waals surface area contributed by atoms with E-state index in [9.17, 15) is 4.79 Å². The summed E-state index contributed by atoms with van der Waals surface area (Å²) in [4.78, 5) is 24.4. The number of amides is 1. The number of rotatable bonds is 4. The Morgan fingerprint density at radius 2 is 2.32 bits per heavy atom. The third-order valence-corrected chi connectivity index (χ3v) is 6.41. The van der Waals surface area contributed by atoms with Crippen LogP contribution in [0.25, 0.3) is 0 Å². The number of thiazole rings is 1. The summed E-state index contributed by atoms with van der Waals surface area (Å²) in [6.45, 7) is 9.29. The molecule has 2 aromatic heterocycles. The molecule has 1 spiro atoms. The van der Waals surface area contributed by atoms with Crippen LogP contribution >= 0.6 is 11.3 Å². The van der Waals surface area contributed by atoms with E-state index in [0.29, 0.717) is 12.6 Å². The first-order valence-electron chi connectivity index (χ1n) is 8.94. The highest BCUT2D eigenvalue weighted by Gasteiger charge is 2.55. The van der Waals surface area contributed by atoms with Crippen LogP contribution in [0.15, 0.2) is 17.9 Å². The molecule has 2 aromatic rings. The van der Waals surface area contributed by atoms with E-state index >= 15 is 0 Å². The van der Waals surface area contributed by atoms with Gasteiger partial charge in [0.15, 0.2) is 0 Å². The molecule has 4 rings (SSSR count). The summed E-state index contributed by atoms with van der Waals surface area (Å²) in [5, 5.41) is 6.56. The third-order valence-electron chi connectivity index (χ3n) is 5.59. The van der Waals surface area contributed by atoms with Crippen molar-refractivity contribution in [2.75, 3.05) is 19.6 Å². The van der Waals surface area contributed by atoms with Crippen LogP contribution in [0.4, 0.5) is 0 Å². The predicted molar refractivity (Wildman–Crippen MR) is 97.5 cm³/mol. The van der Waals surface area contributed by atoms with Crippen LogP contribution in [0, 0.1) is 12.3 Å². The molecule has 2 saturated heterocycles.